The fraction of sp³-hybridized carbons (Fsp3) is 0.529. The number of carboxylic acid groups (broad SMARTS) is 1. The zero-order valence-electron chi connectivity index (χ0n) is 12.9. The van der Waals surface area contributed by atoms with Crippen LogP contribution in [0.2, 0.25) is 0 Å². The van der Waals surface area contributed by atoms with Crippen molar-refractivity contribution in [3.05, 3.63) is 35.4 Å². The number of hydrogen-bond donors (Lipinski definition) is 1. The maximum Gasteiger partial charge on any atom is 0.335 e. The van der Waals surface area contributed by atoms with Crippen molar-refractivity contribution < 1.29 is 24.2 Å². The van der Waals surface area contributed by atoms with Crippen molar-refractivity contribution in [2.75, 3.05) is 26.3 Å². The fourth-order valence-electron chi connectivity index (χ4n) is 3.22. The number of ether oxygens (including phenoxy) is 2. The molecule has 2 fully saturated rings. The van der Waals surface area contributed by atoms with E-state index in [2.05, 4.69) is 0 Å². The number of amides is 1. The molecular weight excluding hydrogens is 298 g/mol. The van der Waals surface area contributed by atoms with Gasteiger partial charge in [-0.2, -0.15) is 0 Å². The Morgan fingerprint density at radius 1 is 1.17 bits per heavy atom. The van der Waals surface area contributed by atoms with Crippen LogP contribution >= 0.6 is 0 Å². The second-order valence-electron chi connectivity index (χ2n) is 5.91. The molecule has 2 saturated heterocycles. The van der Waals surface area contributed by atoms with Crippen LogP contribution in [0.15, 0.2) is 24.3 Å². The predicted molar refractivity (Wildman–Crippen MR) is 82.4 cm³/mol. The highest BCUT2D eigenvalue weighted by atomic mass is 16.6. The zero-order chi connectivity index (χ0) is 16.2. The Morgan fingerprint density at radius 3 is 2.70 bits per heavy atom. The molecule has 0 radical (unpaired) electrons. The largest absolute Gasteiger partial charge is 0.478 e. The minimum Gasteiger partial charge on any atom is -0.478 e. The lowest BCUT2D eigenvalue weighted by molar-refractivity contribution is -0.171. The van der Waals surface area contributed by atoms with Crippen LogP contribution in [0.5, 0.6) is 0 Å². The zero-order valence-corrected chi connectivity index (χ0v) is 12.9. The number of carbonyl (C=O) groups excluding carboxylic acids is 1. The molecule has 6 nitrogen and oxygen atoms in total. The van der Waals surface area contributed by atoms with Crippen LogP contribution in [-0.2, 0) is 20.7 Å². The Balaban J connectivity index is 1.57. The van der Waals surface area contributed by atoms with Crippen molar-refractivity contribution in [1.82, 2.24) is 4.90 Å². The summed E-state index contributed by atoms with van der Waals surface area (Å²) in [6, 6.07) is 6.83. The van der Waals surface area contributed by atoms with Gasteiger partial charge in [-0.15, -0.1) is 0 Å². The Labute approximate surface area is 135 Å². The molecule has 1 aromatic carbocycles. The summed E-state index contributed by atoms with van der Waals surface area (Å²) in [5.74, 6) is -0.917. The third kappa shape index (κ3) is 3.71. The van der Waals surface area contributed by atoms with Gasteiger partial charge in [-0.1, -0.05) is 18.2 Å². The normalized spacial score (nSPS) is 24.1. The number of aryl methyl sites for hydroxylation is 1. The molecular formula is C17H21NO5. The number of rotatable bonds is 4. The Hall–Kier alpha value is -1.92. The van der Waals surface area contributed by atoms with Crippen molar-refractivity contribution in [3.63, 3.8) is 0 Å². The van der Waals surface area contributed by atoms with Crippen LogP contribution in [0.1, 0.15) is 28.8 Å². The molecule has 0 aliphatic carbocycles. The van der Waals surface area contributed by atoms with Gasteiger partial charge < -0.3 is 19.5 Å². The minimum atomic E-state index is -0.957. The van der Waals surface area contributed by atoms with Gasteiger partial charge in [0.15, 0.2) is 0 Å². The molecule has 124 valence electrons. The maximum absolute atomic E-state index is 12.4. The van der Waals surface area contributed by atoms with Crippen molar-refractivity contribution >= 4 is 11.9 Å². The van der Waals surface area contributed by atoms with E-state index < -0.39 is 5.97 Å². The van der Waals surface area contributed by atoms with Crippen LogP contribution in [0.25, 0.3) is 0 Å². The molecule has 2 aliphatic rings. The highest BCUT2D eigenvalue weighted by Gasteiger charge is 2.34. The number of hydrogen-bond acceptors (Lipinski definition) is 4. The summed E-state index contributed by atoms with van der Waals surface area (Å²) in [6.07, 6.45) is 1.60. The molecule has 0 saturated carbocycles. The van der Waals surface area contributed by atoms with Gasteiger partial charge in [-0.3, -0.25) is 4.79 Å². The molecule has 2 aliphatic heterocycles. The highest BCUT2D eigenvalue weighted by Crippen LogP contribution is 2.21. The number of benzene rings is 1. The van der Waals surface area contributed by atoms with E-state index in [0.29, 0.717) is 44.7 Å². The Kier molecular flexibility index (Phi) is 4.93. The lowest BCUT2D eigenvalue weighted by atomic mass is 10.0. The van der Waals surface area contributed by atoms with Gasteiger partial charge in [0, 0.05) is 19.5 Å². The monoisotopic (exact) mass is 319 g/mol. The average molecular weight is 319 g/mol. The van der Waals surface area contributed by atoms with Crippen LogP contribution in [-0.4, -0.2) is 60.4 Å². The van der Waals surface area contributed by atoms with E-state index in [9.17, 15) is 14.7 Å². The van der Waals surface area contributed by atoms with E-state index in [1.54, 1.807) is 29.2 Å². The third-order valence-corrected chi connectivity index (χ3v) is 4.45. The smallest absolute Gasteiger partial charge is 0.335 e. The lowest BCUT2D eigenvalue weighted by Crippen LogP contribution is -2.53. The summed E-state index contributed by atoms with van der Waals surface area (Å²) >= 11 is 0. The summed E-state index contributed by atoms with van der Waals surface area (Å²) in [5.41, 5.74) is 0.962. The summed E-state index contributed by atoms with van der Waals surface area (Å²) in [4.78, 5) is 25.4. The molecule has 0 aromatic heterocycles. The number of carboxylic acids is 1. The number of nitrogens with zero attached hydrogens (tertiary/aromatic N) is 1. The highest BCUT2D eigenvalue weighted by molar-refractivity contribution is 5.89. The number of piperidine rings is 1. The number of carbonyl (C=O) groups is 2. The summed E-state index contributed by atoms with van der Waals surface area (Å²) in [7, 11) is 0. The van der Waals surface area contributed by atoms with Crippen LogP contribution in [0.3, 0.4) is 0 Å². The average Bonchev–Trinajstić information content (AvgIpc) is 2.59. The molecule has 23 heavy (non-hydrogen) atoms. The first-order valence-electron chi connectivity index (χ1n) is 7.97. The molecule has 1 amide bonds. The summed E-state index contributed by atoms with van der Waals surface area (Å²) < 4.78 is 11.3. The molecule has 2 heterocycles. The molecule has 1 N–H and O–H groups in total. The lowest BCUT2D eigenvalue weighted by Gasteiger charge is -2.40. The van der Waals surface area contributed by atoms with Crippen molar-refractivity contribution in [1.29, 1.82) is 0 Å². The molecule has 0 bridgehead atoms. The van der Waals surface area contributed by atoms with Gasteiger partial charge in [-0.25, -0.2) is 4.79 Å². The maximum atomic E-state index is 12.4. The molecule has 1 aromatic rings. The van der Waals surface area contributed by atoms with E-state index in [1.165, 1.54) is 0 Å². The number of fused-ring (bicyclic) bond motifs is 1. The fourth-order valence-corrected chi connectivity index (χ4v) is 3.22. The van der Waals surface area contributed by atoms with Gasteiger partial charge in [0.25, 0.3) is 0 Å². The van der Waals surface area contributed by atoms with Crippen LogP contribution in [0.4, 0.5) is 0 Å². The summed E-state index contributed by atoms with van der Waals surface area (Å²) in [5, 5.41) is 9.18. The standard InChI is InChI=1S/C17H21NO5/c19-16(6-5-12-3-1-2-4-13(12)17(20)21)18-8-7-14-15(11-18)23-10-9-22-14/h1-4,14-15H,5-11H2,(H,20,21)/t14-,15-/m0/s1. The van der Waals surface area contributed by atoms with E-state index in [0.717, 1.165) is 6.42 Å². The molecule has 0 spiro atoms. The predicted octanol–water partition coefficient (Wildman–Crippen LogP) is 1.33. The molecule has 2 atom stereocenters. The number of likely N-dealkylation sites (tertiary alicyclic amines) is 1. The first kappa shape index (κ1) is 16.0. The van der Waals surface area contributed by atoms with Gasteiger partial charge in [0.1, 0.15) is 6.10 Å². The molecule has 6 heteroatoms. The first-order chi connectivity index (χ1) is 11.1. The topological polar surface area (TPSA) is 76.1 Å². The Bertz CT molecular complexity index is 588. The molecule has 0 unspecified atom stereocenters. The SMILES string of the molecule is O=C(O)c1ccccc1CCC(=O)N1CC[C@@H]2OCCO[C@H]2C1. The van der Waals surface area contributed by atoms with E-state index in [4.69, 9.17) is 9.47 Å². The third-order valence-electron chi connectivity index (χ3n) is 4.45. The van der Waals surface area contributed by atoms with Crippen molar-refractivity contribution in [3.8, 4) is 0 Å². The van der Waals surface area contributed by atoms with E-state index >= 15 is 0 Å². The van der Waals surface area contributed by atoms with Gasteiger partial charge in [0.05, 0.1) is 24.9 Å². The first-order valence-corrected chi connectivity index (χ1v) is 7.97. The van der Waals surface area contributed by atoms with Crippen molar-refractivity contribution in [2.24, 2.45) is 0 Å². The second kappa shape index (κ2) is 7.10. The van der Waals surface area contributed by atoms with E-state index in [-0.39, 0.29) is 23.7 Å². The van der Waals surface area contributed by atoms with E-state index in [1.807, 2.05) is 0 Å². The quantitative estimate of drug-likeness (QED) is 0.906. The minimum absolute atomic E-state index is 0.0345. The second-order valence-corrected chi connectivity index (χ2v) is 5.91. The summed E-state index contributed by atoms with van der Waals surface area (Å²) in [6.45, 7) is 2.43. The Morgan fingerprint density at radius 2 is 1.91 bits per heavy atom. The van der Waals surface area contributed by atoms with Gasteiger partial charge >= 0.3 is 5.97 Å². The van der Waals surface area contributed by atoms with Gasteiger partial charge in [0.2, 0.25) is 5.91 Å². The van der Waals surface area contributed by atoms with Crippen LogP contribution < -0.4 is 0 Å². The van der Waals surface area contributed by atoms with Crippen molar-refractivity contribution in [2.45, 2.75) is 31.5 Å². The van der Waals surface area contributed by atoms with Crippen LogP contribution in [0, 0.1) is 0 Å². The molecule has 3 rings (SSSR count). The number of aromatic carboxylic acids is 1. The van der Waals surface area contributed by atoms with Gasteiger partial charge in [-0.05, 0) is 24.5 Å².